The molecule has 24 heavy (non-hydrogen) atoms. The normalized spacial score (nSPS) is 11.4. The fourth-order valence-corrected chi connectivity index (χ4v) is 3.01. The van der Waals surface area contributed by atoms with Crippen molar-refractivity contribution >= 4 is 10.1 Å². The van der Waals surface area contributed by atoms with E-state index >= 15 is 0 Å². The number of hydrogen-bond donors (Lipinski definition) is 1. The van der Waals surface area contributed by atoms with Crippen molar-refractivity contribution in [2.75, 3.05) is 0 Å². The third-order valence-electron chi connectivity index (χ3n) is 3.83. The van der Waals surface area contributed by atoms with Crippen molar-refractivity contribution in [2.24, 2.45) is 0 Å². The Bertz CT molecular complexity index is 736. The number of benzene rings is 2. The summed E-state index contributed by atoms with van der Waals surface area (Å²) in [5, 5.41) is 0. The Morgan fingerprint density at radius 3 is 2.29 bits per heavy atom. The molecule has 5 heteroatoms. The minimum atomic E-state index is -4.22. The van der Waals surface area contributed by atoms with Gasteiger partial charge in [-0.15, -0.1) is 0 Å². The monoisotopic (exact) mass is 348 g/mol. The molecule has 0 bridgehead atoms. The fraction of sp³-hybridized carbons (Fsp3) is 0.368. The highest BCUT2D eigenvalue weighted by atomic mass is 32.2. The van der Waals surface area contributed by atoms with Crippen molar-refractivity contribution < 1.29 is 17.7 Å². The van der Waals surface area contributed by atoms with E-state index in [-0.39, 0.29) is 4.90 Å². The molecule has 4 nitrogen and oxygen atoms in total. The molecule has 0 aliphatic rings. The summed E-state index contributed by atoms with van der Waals surface area (Å²) >= 11 is 0. The van der Waals surface area contributed by atoms with Crippen LogP contribution < -0.4 is 4.74 Å². The van der Waals surface area contributed by atoms with Crippen LogP contribution in [0, 0.1) is 0 Å². The standard InChI is InChI=1S/C19H24O4S/c1-2-3-4-5-6-8-16-11-13-17(14-12-16)23-18-9-7-10-19(15-18)24(20,21)22/h7,9-15H,2-6,8H2,1H3,(H,20,21,22). The predicted molar refractivity (Wildman–Crippen MR) is 95.2 cm³/mol. The Morgan fingerprint density at radius 2 is 1.62 bits per heavy atom. The summed E-state index contributed by atoms with van der Waals surface area (Å²) in [6.07, 6.45) is 7.36. The highest BCUT2D eigenvalue weighted by molar-refractivity contribution is 7.85. The van der Waals surface area contributed by atoms with Gasteiger partial charge < -0.3 is 4.74 Å². The van der Waals surface area contributed by atoms with E-state index in [4.69, 9.17) is 9.29 Å². The van der Waals surface area contributed by atoms with E-state index in [0.717, 1.165) is 6.42 Å². The van der Waals surface area contributed by atoms with Gasteiger partial charge in [-0.3, -0.25) is 4.55 Å². The first-order chi connectivity index (χ1) is 11.5. The summed E-state index contributed by atoms with van der Waals surface area (Å²) in [6, 6.07) is 13.6. The van der Waals surface area contributed by atoms with Gasteiger partial charge in [-0.25, -0.2) is 0 Å². The maximum atomic E-state index is 11.1. The van der Waals surface area contributed by atoms with Crippen LogP contribution in [-0.4, -0.2) is 13.0 Å². The van der Waals surface area contributed by atoms with E-state index in [1.54, 1.807) is 6.07 Å². The third-order valence-corrected chi connectivity index (χ3v) is 4.68. The molecule has 0 unspecified atom stereocenters. The number of ether oxygens (including phenoxy) is 1. The highest BCUT2D eigenvalue weighted by Gasteiger charge is 2.10. The number of aryl methyl sites for hydroxylation is 1. The average Bonchev–Trinajstić information content (AvgIpc) is 2.56. The molecular formula is C19H24O4S. The van der Waals surface area contributed by atoms with E-state index in [0.29, 0.717) is 11.5 Å². The van der Waals surface area contributed by atoms with E-state index in [9.17, 15) is 8.42 Å². The zero-order chi connectivity index (χ0) is 17.4. The highest BCUT2D eigenvalue weighted by Crippen LogP contribution is 2.24. The molecule has 0 spiro atoms. The van der Waals surface area contributed by atoms with Crippen molar-refractivity contribution in [3.05, 3.63) is 54.1 Å². The van der Waals surface area contributed by atoms with Gasteiger partial charge in [-0.05, 0) is 42.7 Å². The molecule has 0 heterocycles. The molecular weight excluding hydrogens is 324 g/mol. The van der Waals surface area contributed by atoms with Crippen LogP contribution in [0.4, 0.5) is 0 Å². The van der Waals surface area contributed by atoms with Crippen molar-refractivity contribution in [3.63, 3.8) is 0 Å². The lowest BCUT2D eigenvalue weighted by Crippen LogP contribution is -1.98. The molecule has 0 atom stereocenters. The molecule has 2 aromatic rings. The van der Waals surface area contributed by atoms with Gasteiger partial charge in [-0.1, -0.05) is 50.8 Å². The molecule has 0 saturated carbocycles. The van der Waals surface area contributed by atoms with Gasteiger partial charge in [0.15, 0.2) is 0 Å². The molecule has 2 rings (SSSR count). The minimum absolute atomic E-state index is 0.177. The molecule has 0 aromatic heterocycles. The molecule has 0 amide bonds. The minimum Gasteiger partial charge on any atom is -0.457 e. The Balaban J connectivity index is 1.92. The quantitative estimate of drug-likeness (QED) is 0.497. The summed E-state index contributed by atoms with van der Waals surface area (Å²) in [6.45, 7) is 2.21. The van der Waals surface area contributed by atoms with E-state index < -0.39 is 10.1 Å². The second-order valence-electron chi connectivity index (χ2n) is 5.86. The summed E-state index contributed by atoms with van der Waals surface area (Å²) in [4.78, 5) is -0.177. The number of rotatable bonds is 9. The van der Waals surface area contributed by atoms with Crippen molar-refractivity contribution in [3.8, 4) is 11.5 Å². The number of hydrogen-bond acceptors (Lipinski definition) is 3. The summed E-state index contributed by atoms with van der Waals surface area (Å²) < 4.78 is 37.0. The first kappa shape index (κ1) is 18.5. The van der Waals surface area contributed by atoms with Crippen molar-refractivity contribution in [1.29, 1.82) is 0 Å². The van der Waals surface area contributed by atoms with Crippen LogP contribution in [0.1, 0.15) is 44.6 Å². The van der Waals surface area contributed by atoms with E-state index in [1.165, 1.54) is 55.9 Å². The summed E-state index contributed by atoms with van der Waals surface area (Å²) in [7, 11) is -4.22. The van der Waals surface area contributed by atoms with Crippen LogP contribution in [0.5, 0.6) is 11.5 Å². The van der Waals surface area contributed by atoms with Crippen LogP contribution in [-0.2, 0) is 16.5 Å². The topological polar surface area (TPSA) is 63.6 Å². The molecule has 0 fully saturated rings. The molecule has 130 valence electrons. The van der Waals surface area contributed by atoms with Crippen LogP contribution in [0.15, 0.2) is 53.4 Å². The maximum Gasteiger partial charge on any atom is 0.294 e. The molecule has 0 aliphatic heterocycles. The summed E-state index contributed by atoms with van der Waals surface area (Å²) in [5.41, 5.74) is 1.27. The second-order valence-corrected chi connectivity index (χ2v) is 7.28. The third kappa shape index (κ3) is 5.98. The van der Waals surface area contributed by atoms with Crippen LogP contribution in [0.2, 0.25) is 0 Å². The lowest BCUT2D eigenvalue weighted by atomic mass is 10.1. The van der Waals surface area contributed by atoms with Gasteiger partial charge in [0.1, 0.15) is 11.5 Å². The molecule has 0 radical (unpaired) electrons. The van der Waals surface area contributed by atoms with Crippen LogP contribution in [0.3, 0.4) is 0 Å². The molecule has 0 aliphatic carbocycles. The van der Waals surface area contributed by atoms with E-state index in [1.807, 2.05) is 24.3 Å². The zero-order valence-electron chi connectivity index (χ0n) is 13.9. The maximum absolute atomic E-state index is 11.1. The summed E-state index contributed by atoms with van der Waals surface area (Å²) in [5.74, 6) is 1.01. The van der Waals surface area contributed by atoms with Gasteiger partial charge in [0, 0.05) is 6.07 Å². The SMILES string of the molecule is CCCCCCCc1ccc(Oc2cccc(S(=O)(=O)O)c2)cc1. The average molecular weight is 348 g/mol. The number of unbranched alkanes of at least 4 members (excludes halogenated alkanes) is 4. The Morgan fingerprint density at radius 1 is 0.917 bits per heavy atom. The molecule has 1 N–H and O–H groups in total. The van der Waals surface area contributed by atoms with Gasteiger partial charge in [0.05, 0.1) is 4.90 Å². The van der Waals surface area contributed by atoms with Gasteiger partial charge in [-0.2, -0.15) is 8.42 Å². The Hall–Kier alpha value is -1.85. The Labute approximate surface area is 144 Å². The smallest absolute Gasteiger partial charge is 0.294 e. The van der Waals surface area contributed by atoms with Crippen molar-refractivity contribution in [1.82, 2.24) is 0 Å². The Kier molecular flexibility index (Phi) is 6.82. The fourth-order valence-electron chi connectivity index (χ4n) is 2.49. The lowest BCUT2D eigenvalue weighted by molar-refractivity contribution is 0.471. The van der Waals surface area contributed by atoms with Gasteiger partial charge >= 0.3 is 0 Å². The van der Waals surface area contributed by atoms with Crippen LogP contribution >= 0.6 is 0 Å². The first-order valence-electron chi connectivity index (χ1n) is 8.33. The molecule has 2 aromatic carbocycles. The van der Waals surface area contributed by atoms with Crippen LogP contribution in [0.25, 0.3) is 0 Å². The molecule has 0 saturated heterocycles. The predicted octanol–water partition coefficient (Wildman–Crippen LogP) is 5.24. The lowest BCUT2D eigenvalue weighted by Gasteiger charge is -2.08. The van der Waals surface area contributed by atoms with Gasteiger partial charge in [0.2, 0.25) is 0 Å². The zero-order valence-corrected chi connectivity index (χ0v) is 14.8. The van der Waals surface area contributed by atoms with Crippen molar-refractivity contribution in [2.45, 2.75) is 50.3 Å². The first-order valence-corrected chi connectivity index (χ1v) is 9.77. The van der Waals surface area contributed by atoms with Gasteiger partial charge in [0.25, 0.3) is 10.1 Å². The largest absolute Gasteiger partial charge is 0.457 e. The van der Waals surface area contributed by atoms with E-state index in [2.05, 4.69) is 6.92 Å². The second kappa shape index (κ2) is 8.85.